The Kier molecular flexibility index (Phi) is 3.61. The van der Waals surface area contributed by atoms with Crippen molar-refractivity contribution in [1.82, 2.24) is 10.1 Å². The molecule has 1 aromatic heterocycles. The number of alkyl halides is 3. The summed E-state index contributed by atoms with van der Waals surface area (Å²) in [5.74, 6) is 0.0191. The molecule has 0 saturated heterocycles. The first kappa shape index (κ1) is 13.3. The van der Waals surface area contributed by atoms with E-state index < -0.39 is 11.6 Å². The van der Waals surface area contributed by atoms with Gasteiger partial charge in [0.15, 0.2) is 5.82 Å². The van der Waals surface area contributed by atoms with E-state index in [4.69, 9.17) is 9.63 Å². The molecule has 2 rings (SSSR count). The summed E-state index contributed by atoms with van der Waals surface area (Å²) in [6.07, 6.45) is -1.56. The van der Waals surface area contributed by atoms with Crippen molar-refractivity contribution in [2.24, 2.45) is 0 Å². The van der Waals surface area contributed by atoms with Crippen molar-refractivity contribution >= 4 is 0 Å². The van der Waals surface area contributed by atoms with Gasteiger partial charge in [0.1, 0.15) is 5.41 Å². The topological polar surface area (TPSA) is 59.2 Å². The predicted octanol–water partition coefficient (Wildman–Crippen LogP) is 2.37. The third-order valence-corrected chi connectivity index (χ3v) is 3.23. The molecule has 0 amide bonds. The molecule has 0 unspecified atom stereocenters. The molecule has 1 heterocycles. The highest BCUT2D eigenvalue weighted by molar-refractivity contribution is 5.19. The first-order valence-electron chi connectivity index (χ1n) is 6.00. The maximum absolute atomic E-state index is 12.8. The summed E-state index contributed by atoms with van der Waals surface area (Å²) < 4.78 is 43.1. The molecule has 0 aliphatic heterocycles. The molecule has 18 heavy (non-hydrogen) atoms. The summed E-state index contributed by atoms with van der Waals surface area (Å²) >= 11 is 0. The number of aliphatic hydroxyl groups excluding tert-OH is 1. The molecule has 1 aromatic rings. The fourth-order valence-corrected chi connectivity index (χ4v) is 1.87. The molecule has 0 radical (unpaired) electrons. The number of aliphatic hydroxyl groups is 1. The van der Waals surface area contributed by atoms with Gasteiger partial charge in [-0.25, -0.2) is 0 Å². The summed E-state index contributed by atoms with van der Waals surface area (Å²) in [5, 5.41) is 12.2. The molecule has 0 atom stereocenters. The van der Waals surface area contributed by atoms with Gasteiger partial charge in [-0.1, -0.05) is 11.6 Å². The van der Waals surface area contributed by atoms with Crippen molar-refractivity contribution in [3.8, 4) is 0 Å². The minimum atomic E-state index is -4.31. The number of aromatic nitrogens is 2. The normalized spacial score (nSPS) is 18.0. The van der Waals surface area contributed by atoms with Gasteiger partial charge in [0, 0.05) is 13.0 Å². The van der Waals surface area contributed by atoms with E-state index in [0.29, 0.717) is 18.7 Å². The van der Waals surface area contributed by atoms with Gasteiger partial charge in [0.2, 0.25) is 5.89 Å². The van der Waals surface area contributed by atoms with Gasteiger partial charge in [-0.15, -0.1) is 0 Å². The molecule has 0 bridgehead atoms. The SMILES string of the molecule is OCCCCCc1noc(C2(C(F)(F)F)CC2)n1. The molecular weight excluding hydrogens is 249 g/mol. The van der Waals surface area contributed by atoms with Crippen LogP contribution in [0.1, 0.15) is 43.8 Å². The van der Waals surface area contributed by atoms with Crippen molar-refractivity contribution in [1.29, 1.82) is 0 Å². The van der Waals surface area contributed by atoms with Crippen LogP contribution in [0.4, 0.5) is 13.2 Å². The lowest BCUT2D eigenvalue weighted by Gasteiger charge is -2.13. The minimum Gasteiger partial charge on any atom is -0.396 e. The number of hydrogen-bond donors (Lipinski definition) is 1. The summed E-state index contributed by atoms with van der Waals surface area (Å²) in [6.45, 7) is 0.120. The Morgan fingerprint density at radius 1 is 1.22 bits per heavy atom. The maximum Gasteiger partial charge on any atom is 0.403 e. The van der Waals surface area contributed by atoms with E-state index in [1.807, 2.05) is 0 Å². The summed E-state index contributed by atoms with van der Waals surface area (Å²) in [7, 11) is 0. The number of rotatable bonds is 6. The van der Waals surface area contributed by atoms with E-state index in [1.54, 1.807) is 0 Å². The molecule has 7 heteroatoms. The number of nitrogens with zero attached hydrogens (tertiary/aromatic N) is 2. The molecule has 1 fully saturated rings. The molecule has 0 aromatic carbocycles. The zero-order valence-corrected chi connectivity index (χ0v) is 9.83. The fraction of sp³-hybridized carbons (Fsp3) is 0.818. The molecule has 1 N–H and O–H groups in total. The van der Waals surface area contributed by atoms with Crippen molar-refractivity contribution in [2.75, 3.05) is 6.61 Å². The van der Waals surface area contributed by atoms with Gasteiger partial charge >= 0.3 is 6.18 Å². The second-order valence-electron chi connectivity index (χ2n) is 4.63. The van der Waals surface area contributed by atoms with Crippen molar-refractivity contribution < 1.29 is 22.8 Å². The van der Waals surface area contributed by atoms with Gasteiger partial charge < -0.3 is 9.63 Å². The second-order valence-corrected chi connectivity index (χ2v) is 4.63. The van der Waals surface area contributed by atoms with Crippen LogP contribution in [0.15, 0.2) is 4.52 Å². The summed E-state index contributed by atoms with van der Waals surface area (Å²) in [5.41, 5.74) is -1.89. The second kappa shape index (κ2) is 4.87. The fourth-order valence-electron chi connectivity index (χ4n) is 1.87. The Bertz CT molecular complexity index is 399. The molecule has 1 aliphatic carbocycles. The Morgan fingerprint density at radius 3 is 2.50 bits per heavy atom. The van der Waals surface area contributed by atoms with Crippen LogP contribution in [-0.2, 0) is 11.8 Å². The molecule has 0 spiro atoms. The molecule has 4 nitrogen and oxygen atoms in total. The first-order valence-corrected chi connectivity index (χ1v) is 6.00. The first-order chi connectivity index (χ1) is 8.49. The van der Waals surface area contributed by atoms with E-state index in [-0.39, 0.29) is 25.3 Å². The molecular formula is C11H15F3N2O2. The van der Waals surface area contributed by atoms with Crippen LogP contribution in [0.3, 0.4) is 0 Å². The smallest absolute Gasteiger partial charge is 0.396 e. The highest BCUT2D eigenvalue weighted by Gasteiger charge is 2.68. The van der Waals surface area contributed by atoms with Gasteiger partial charge in [-0.3, -0.25) is 0 Å². The number of hydrogen-bond acceptors (Lipinski definition) is 4. The van der Waals surface area contributed by atoms with Gasteiger partial charge in [0.25, 0.3) is 0 Å². The monoisotopic (exact) mass is 264 g/mol. The number of halogens is 3. The third kappa shape index (κ3) is 2.50. The Hall–Kier alpha value is -1.11. The average molecular weight is 264 g/mol. The zero-order chi connectivity index (χ0) is 13.2. The van der Waals surface area contributed by atoms with E-state index >= 15 is 0 Å². The molecule has 1 saturated carbocycles. The van der Waals surface area contributed by atoms with Crippen molar-refractivity contribution in [2.45, 2.75) is 50.1 Å². The summed E-state index contributed by atoms with van der Waals surface area (Å²) in [6, 6.07) is 0. The lowest BCUT2D eigenvalue weighted by atomic mass is 10.1. The predicted molar refractivity (Wildman–Crippen MR) is 55.9 cm³/mol. The van der Waals surface area contributed by atoms with Crippen LogP contribution >= 0.6 is 0 Å². The van der Waals surface area contributed by atoms with Crippen LogP contribution in [-0.4, -0.2) is 28.0 Å². The summed E-state index contributed by atoms with van der Waals surface area (Å²) in [4.78, 5) is 3.85. The quantitative estimate of drug-likeness (QED) is 0.801. The lowest BCUT2D eigenvalue weighted by Crippen LogP contribution is -2.29. The zero-order valence-electron chi connectivity index (χ0n) is 9.83. The van der Waals surface area contributed by atoms with Gasteiger partial charge in [0.05, 0.1) is 0 Å². The lowest BCUT2D eigenvalue weighted by molar-refractivity contribution is -0.166. The van der Waals surface area contributed by atoms with E-state index in [0.717, 1.165) is 12.8 Å². The number of unbranched alkanes of at least 4 members (excludes halogenated alkanes) is 2. The minimum absolute atomic E-state index is 0.0304. The van der Waals surface area contributed by atoms with Crippen molar-refractivity contribution in [3.05, 3.63) is 11.7 Å². The van der Waals surface area contributed by atoms with E-state index in [1.165, 1.54) is 0 Å². The van der Waals surface area contributed by atoms with E-state index in [2.05, 4.69) is 10.1 Å². The van der Waals surface area contributed by atoms with Crippen LogP contribution in [0.25, 0.3) is 0 Å². The maximum atomic E-state index is 12.8. The van der Waals surface area contributed by atoms with Crippen molar-refractivity contribution in [3.63, 3.8) is 0 Å². The van der Waals surface area contributed by atoms with E-state index in [9.17, 15) is 13.2 Å². The van der Waals surface area contributed by atoms with Crippen LogP contribution in [0, 0.1) is 0 Å². The Balaban J connectivity index is 1.95. The number of aryl methyl sites for hydroxylation is 1. The van der Waals surface area contributed by atoms with Gasteiger partial charge in [-0.05, 0) is 25.7 Å². The molecule has 1 aliphatic rings. The Labute approximate surface area is 102 Å². The Morgan fingerprint density at radius 2 is 1.94 bits per heavy atom. The highest BCUT2D eigenvalue weighted by Crippen LogP contribution is 2.58. The largest absolute Gasteiger partial charge is 0.403 e. The average Bonchev–Trinajstić information content (AvgIpc) is 3.00. The van der Waals surface area contributed by atoms with Crippen LogP contribution < -0.4 is 0 Å². The van der Waals surface area contributed by atoms with Gasteiger partial charge in [-0.2, -0.15) is 18.2 Å². The van der Waals surface area contributed by atoms with Crippen LogP contribution in [0.5, 0.6) is 0 Å². The highest BCUT2D eigenvalue weighted by atomic mass is 19.4. The standard InChI is InChI=1S/C11H15F3N2O2/c12-11(13,14)10(5-6-10)9-15-8(16-18-9)4-2-1-3-7-17/h17H,1-7H2. The molecule has 102 valence electrons. The van der Waals surface area contributed by atoms with Crippen LogP contribution in [0.2, 0.25) is 0 Å². The third-order valence-electron chi connectivity index (χ3n) is 3.23.